The third kappa shape index (κ3) is 5.21. The SMILES string of the molecule is CCCOC(=O)c1ccccc1C(=O)OCC(CC)CC. The molecule has 0 aliphatic heterocycles. The molecule has 0 aliphatic rings. The first kappa shape index (κ1) is 17.2. The topological polar surface area (TPSA) is 52.6 Å². The van der Waals surface area contributed by atoms with Gasteiger partial charge < -0.3 is 9.47 Å². The fourth-order valence-corrected chi connectivity index (χ4v) is 1.91. The Kier molecular flexibility index (Phi) is 7.51. The molecule has 0 aliphatic carbocycles. The Morgan fingerprint density at radius 3 is 1.95 bits per heavy atom. The first-order chi connectivity index (χ1) is 10.1. The Hall–Kier alpha value is -1.84. The molecule has 21 heavy (non-hydrogen) atoms. The molecule has 0 saturated heterocycles. The molecule has 1 aromatic rings. The zero-order valence-corrected chi connectivity index (χ0v) is 13.1. The summed E-state index contributed by atoms with van der Waals surface area (Å²) in [6.07, 6.45) is 2.67. The highest BCUT2D eigenvalue weighted by Crippen LogP contribution is 2.14. The van der Waals surface area contributed by atoms with Crippen molar-refractivity contribution >= 4 is 11.9 Å². The minimum Gasteiger partial charge on any atom is -0.462 e. The van der Waals surface area contributed by atoms with E-state index >= 15 is 0 Å². The van der Waals surface area contributed by atoms with E-state index in [1.807, 2.05) is 6.92 Å². The number of rotatable bonds is 8. The second-order valence-corrected chi connectivity index (χ2v) is 4.96. The van der Waals surface area contributed by atoms with E-state index in [0.29, 0.717) is 19.1 Å². The van der Waals surface area contributed by atoms with E-state index in [0.717, 1.165) is 19.3 Å². The number of carbonyl (C=O) groups excluding carboxylic acids is 2. The smallest absolute Gasteiger partial charge is 0.339 e. The molecule has 116 valence electrons. The quantitative estimate of drug-likeness (QED) is 0.683. The Morgan fingerprint density at radius 1 is 0.952 bits per heavy atom. The molecule has 0 fully saturated rings. The van der Waals surface area contributed by atoms with Crippen molar-refractivity contribution in [3.63, 3.8) is 0 Å². The zero-order valence-electron chi connectivity index (χ0n) is 13.1. The van der Waals surface area contributed by atoms with Crippen LogP contribution in [-0.2, 0) is 9.47 Å². The van der Waals surface area contributed by atoms with Crippen LogP contribution in [0, 0.1) is 5.92 Å². The van der Waals surface area contributed by atoms with Gasteiger partial charge in [0.2, 0.25) is 0 Å². The van der Waals surface area contributed by atoms with E-state index in [2.05, 4.69) is 13.8 Å². The van der Waals surface area contributed by atoms with E-state index in [-0.39, 0.29) is 11.1 Å². The summed E-state index contributed by atoms with van der Waals surface area (Å²) in [7, 11) is 0. The van der Waals surface area contributed by atoms with Gasteiger partial charge in [0.25, 0.3) is 0 Å². The van der Waals surface area contributed by atoms with Gasteiger partial charge in [-0.15, -0.1) is 0 Å². The van der Waals surface area contributed by atoms with Gasteiger partial charge in [0.1, 0.15) is 0 Å². The summed E-state index contributed by atoms with van der Waals surface area (Å²) in [5, 5.41) is 0. The summed E-state index contributed by atoms with van der Waals surface area (Å²) in [5.41, 5.74) is 0.532. The second kappa shape index (κ2) is 9.16. The zero-order chi connectivity index (χ0) is 15.7. The molecule has 0 N–H and O–H groups in total. The lowest BCUT2D eigenvalue weighted by atomic mass is 10.0. The molecule has 0 unspecified atom stereocenters. The van der Waals surface area contributed by atoms with Crippen molar-refractivity contribution < 1.29 is 19.1 Å². The molecule has 0 saturated carbocycles. The van der Waals surface area contributed by atoms with E-state index in [1.54, 1.807) is 24.3 Å². The predicted octanol–water partition coefficient (Wildman–Crippen LogP) is 3.85. The van der Waals surface area contributed by atoms with Gasteiger partial charge in [0.15, 0.2) is 0 Å². The summed E-state index contributed by atoms with van der Waals surface area (Å²) < 4.78 is 10.4. The molecule has 0 heterocycles. The van der Waals surface area contributed by atoms with Gasteiger partial charge in [-0.1, -0.05) is 45.7 Å². The van der Waals surface area contributed by atoms with Crippen LogP contribution in [0.1, 0.15) is 60.7 Å². The molecule has 4 nitrogen and oxygen atoms in total. The van der Waals surface area contributed by atoms with Gasteiger partial charge in [-0.05, 0) is 24.5 Å². The molecule has 0 amide bonds. The number of hydrogen-bond acceptors (Lipinski definition) is 4. The number of esters is 2. The third-order valence-electron chi connectivity index (χ3n) is 3.41. The average Bonchev–Trinajstić information content (AvgIpc) is 2.53. The lowest BCUT2D eigenvalue weighted by Gasteiger charge is -2.14. The molecule has 0 bridgehead atoms. The lowest BCUT2D eigenvalue weighted by Crippen LogP contribution is -2.17. The fourth-order valence-electron chi connectivity index (χ4n) is 1.91. The molecule has 0 atom stereocenters. The van der Waals surface area contributed by atoms with Crippen LogP contribution in [0.5, 0.6) is 0 Å². The van der Waals surface area contributed by atoms with Crippen molar-refractivity contribution in [1.82, 2.24) is 0 Å². The highest BCUT2D eigenvalue weighted by atomic mass is 16.5. The summed E-state index contributed by atoms with van der Waals surface area (Å²) >= 11 is 0. The van der Waals surface area contributed by atoms with Crippen LogP contribution in [0.3, 0.4) is 0 Å². The van der Waals surface area contributed by atoms with E-state index in [1.165, 1.54) is 0 Å². The van der Waals surface area contributed by atoms with Crippen LogP contribution in [0.25, 0.3) is 0 Å². The Labute approximate surface area is 126 Å². The van der Waals surface area contributed by atoms with Gasteiger partial charge in [-0.25, -0.2) is 9.59 Å². The van der Waals surface area contributed by atoms with Crippen molar-refractivity contribution in [2.75, 3.05) is 13.2 Å². The molecule has 1 aromatic carbocycles. The fraction of sp³-hybridized carbons (Fsp3) is 0.529. The molecule has 0 spiro atoms. The van der Waals surface area contributed by atoms with Crippen LogP contribution >= 0.6 is 0 Å². The van der Waals surface area contributed by atoms with Gasteiger partial charge in [-0.3, -0.25) is 0 Å². The highest BCUT2D eigenvalue weighted by molar-refractivity contribution is 6.03. The molecular weight excluding hydrogens is 268 g/mol. The van der Waals surface area contributed by atoms with E-state index < -0.39 is 11.9 Å². The van der Waals surface area contributed by atoms with Crippen LogP contribution in [0.15, 0.2) is 24.3 Å². The van der Waals surface area contributed by atoms with Crippen LogP contribution < -0.4 is 0 Å². The van der Waals surface area contributed by atoms with Gasteiger partial charge in [0, 0.05) is 0 Å². The maximum Gasteiger partial charge on any atom is 0.339 e. The van der Waals surface area contributed by atoms with Gasteiger partial charge in [-0.2, -0.15) is 0 Å². The lowest BCUT2D eigenvalue weighted by molar-refractivity contribution is 0.0410. The van der Waals surface area contributed by atoms with Gasteiger partial charge in [0.05, 0.1) is 24.3 Å². The van der Waals surface area contributed by atoms with Crippen LogP contribution in [0.4, 0.5) is 0 Å². The van der Waals surface area contributed by atoms with Crippen molar-refractivity contribution in [2.24, 2.45) is 5.92 Å². The summed E-state index contributed by atoms with van der Waals surface area (Å²) in [6, 6.07) is 6.61. The minimum atomic E-state index is -0.480. The van der Waals surface area contributed by atoms with Crippen molar-refractivity contribution in [2.45, 2.75) is 40.0 Å². The average molecular weight is 292 g/mol. The molecular formula is C17H24O4. The molecule has 0 radical (unpaired) electrons. The van der Waals surface area contributed by atoms with Crippen molar-refractivity contribution in [3.8, 4) is 0 Å². The van der Waals surface area contributed by atoms with Crippen LogP contribution in [-0.4, -0.2) is 25.2 Å². The van der Waals surface area contributed by atoms with E-state index in [9.17, 15) is 9.59 Å². The Morgan fingerprint density at radius 2 is 1.48 bits per heavy atom. The third-order valence-corrected chi connectivity index (χ3v) is 3.41. The Balaban J connectivity index is 2.77. The maximum atomic E-state index is 12.2. The number of carbonyl (C=O) groups is 2. The molecule has 0 aromatic heterocycles. The van der Waals surface area contributed by atoms with Crippen LogP contribution in [0.2, 0.25) is 0 Å². The van der Waals surface area contributed by atoms with Gasteiger partial charge >= 0.3 is 11.9 Å². The first-order valence-electron chi connectivity index (χ1n) is 7.57. The van der Waals surface area contributed by atoms with Crippen molar-refractivity contribution in [1.29, 1.82) is 0 Å². The normalized spacial score (nSPS) is 10.5. The number of ether oxygens (including phenoxy) is 2. The standard InChI is InChI=1S/C17H24O4/c1-4-11-20-16(18)14-9-7-8-10-15(14)17(19)21-12-13(5-2)6-3/h7-10,13H,4-6,11-12H2,1-3H3. The molecule has 1 rings (SSSR count). The maximum absolute atomic E-state index is 12.2. The number of hydrogen-bond donors (Lipinski definition) is 0. The highest BCUT2D eigenvalue weighted by Gasteiger charge is 2.19. The number of benzene rings is 1. The Bertz CT molecular complexity index is 464. The second-order valence-electron chi connectivity index (χ2n) is 4.96. The predicted molar refractivity (Wildman–Crippen MR) is 81.4 cm³/mol. The summed E-state index contributed by atoms with van der Waals surface area (Å²) in [5.74, 6) is -0.592. The summed E-state index contributed by atoms with van der Waals surface area (Å²) in [6.45, 7) is 6.78. The minimum absolute atomic E-state index is 0.264. The monoisotopic (exact) mass is 292 g/mol. The first-order valence-corrected chi connectivity index (χ1v) is 7.57. The largest absolute Gasteiger partial charge is 0.462 e. The molecule has 4 heteroatoms. The van der Waals surface area contributed by atoms with Crippen molar-refractivity contribution in [3.05, 3.63) is 35.4 Å². The van der Waals surface area contributed by atoms with E-state index in [4.69, 9.17) is 9.47 Å². The summed E-state index contributed by atoms with van der Waals surface area (Å²) in [4.78, 5) is 24.1.